The standard InChI is InChI=1S/C20H22N8O3/c1-31-14-4-2-3-13(11-14)18(29)25-20-24-17(26-27-20)19(30)23-15-12-22-6-5-16(15)28-9-7-21-8-10-28/h2-6,11-12,21H,7-10H2,1H3,(H,23,30)(H2,24,25,26,27,29). The van der Waals surface area contributed by atoms with Gasteiger partial charge in [-0.1, -0.05) is 6.07 Å². The molecule has 31 heavy (non-hydrogen) atoms. The summed E-state index contributed by atoms with van der Waals surface area (Å²) in [5, 5.41) is 15.1. The molecule has 4 N–H and O–H groups in total. The maximum atomic E-state index is 12.7. The lowest BCUT2D eigenvalue weighted by Gasteiger charge is -2.30. The summed E-state index contributed by atoms with van der Waals surface area (Å²) in [4.78, 5) is 35.4. The number of amides is 2. The summed E-state index contributed by atoms with van der Waals surface area (Å²) in [5.74, 6) is -0.390. The van der Waals surface area contributed by atoms with E-state index in [1.54, 1.807) is 36.7 Å². The lowest BCUT2D eigenvalue weighted by molar-refractivity contribution is 0.101. The van der Waals surface area contributed by atoms with Crippen LogP contribution in [-0.2, 0) is 0 Å². The fourth-order valence-electron chi connectivity index (χ4n) is 3.20. The molecule has 3 heterocycles. The number of carbonyl (C=O) groups is 2. The Hall–Kier alpha value is -3.99. The Bertz CT molecular complexity index is 1080. The normalized spacial score (nSPS) is 13.5. The maximum Gasteiger partial charge on any atom is 0.293 e. The minimum atomic E-state index is -0.487. The molecule has 11 nitrogen and oxygen atoms in total. The number of H-pyrrole nitrogens is 1. The van der Waals surface area contributed by atoms with E-state index in [9.17, 15) is 9.59 Å². The number of benzene rings is 1. The number of anilines is 3. The molecule has 2 amide bonds. The summed E-state index contributed by atoms with van der Waals surface area (Å²) in [6.45, 7) is 3.40. The van der Waals surface area contributed by atoms with E-state index in [4.69, 9.17) is 4.74 Å². The first-order valence-corrected chi connectivity index (χ1v) is 9.73. The highest BCUT2D eigenvalue weighted by atomic mass is 16.5. The molecule has 0 unspecified atom stereocenters. The van der Waals surface area contributed by atoms with Crippen LogP contribution in [0.25, 0.3) is 0 Å². The average Bonchev–Trinajstić information content (AvgIpc) is 3.28. The van der Waals surface area contributed by atoms with Gasteiger partial charge in [-0.2, -0.15) is 4.98 Å². The van der Waals surface area contributed by atoms with Crippen LogP contribution in [0.5, 0.6) is 5.75 Å². The van der Waals surface area contributed by atoms with Crippen molar-refractivity contribution in [2.45, 2.75) is 0 Å². The Morgan fingerprint density at radius 3 is 2.77 bits per heavy atom. The maximum absolute atomic E-state index is 12.7. The molecular formula is C20H22N8O3. The Balaban J connectivity index is 1.43. The van der Waals surface area contributed by atoms with E-state index in [0.29, 0.717) is 17.0 Å². The molecule has 0 saturated carbocycles. The molecule has 0 aliphatic carbocycles. The molecule has 1 saturated heterocycles. The average molecular weight is 422 g/mol. The Morgan fingerprint density at radius 1 is 1.13 bits per heavy atom. The summed E-state index contributed by atoms with van der Waals surface area (Å²) in [6.07, 6.45) is 3.28. The van der Waals surface area contributed by atoms with E-state index < -0.39 is 11.8 Å². The lowest BCUT2D eigenvalue weighted by atomic mass is 10.2. The highest BCUT2D eigenvalue weighted by Gasteiger charge is 2.19. The van der Waals surface area contributed by atoms with Gasteiger partial charge < -0.3 is 20.3 Å². The van der Waals surface area contributed by atoms with Crippen molar-refractivity contribution in [1.82, 2.24) is 25.5 Å². The minimum absolute atomic E-state index is 0.00788. The lowest BCUT2D eigenvalue weighted by Crippen LogP contribution is -2.43. The number of hydrogen-bond acceptors (Lipinski definition) is 8. The third-order valence-corrected chi connectivity index (χ3v) is 4.76. The van der Waals surface area contributed by atoms with Crippen LogP contribution in [-0.4, -0.2) is 65.3 Å². The molecule has 0 bridgehead atoms. The number of nitrogens with one attached hydrogen (secondary N) is 4. The zero-order valence-corrected chi connectivity index (χ0v) is 16.9. The van der Waals surface area contributed by atoms with Gasteiger partial charge in [0.05, 0.1) is 24.7 Å². The molecule has 4 rings (SSSR count). The van der Waals surface area contributed by atoms with Crippen LogP contribution in [0.3, 0.4) is 0 Å². The molecule has 1 aromatic carbocycles. The van der Waals surface area contributed by atoms with Crippen LogP contribution < -0.4 is 25.6 Å². The van der Waals surface area contributed by atoms with Crippen molar-refractivity contribution in [3.05, 3.63) is 54.1 Å². The van der Waals surface area contributed by atoms with Crippen LogP contribution in [0.4, 0.5) is 17.3 Å². The van der Waals surface area contributed by atoms with Crippen molar-refractivity contribution in [3.63, 3.8) is 0 Å². The van der Waals surface area contributed by atoms with Crippen LogP contribution in [0.15, 0.2) is 42.7 Å². The van der Waals surface area contributed by atoms with Crippen molar-refractivity contribution in [3.8, 4) is 5.75 Å². The highest BCUT2D eigenvalue weighted by molar-refractivity contribution is 6.05. The quantitative estimate of drug-likeness (QED) is 0.464. The molecule has 3 aromatic rings. The van der Waals surface area contributed by atoms with Crippen LogP contribution >= 0.6 is 0 Å². The number of hydrogen-bond donors (Lipinski definition) is 4. The Morgan fingerprint density at radius 2 is 1.97 bits per heavy atom. The van der Waals surface area contributed by atoms with Crippen molar-refractivity contribution < 1.29 is 14.3 Å². The summed E-state index contributed by atoms with van der Waals surface area (Å²) in [6, 6.07) is 8.53. The number of nitrogens with zero attached hydrogens (tertiary/aromatic N) is 4. The first-order chi connectivity index (χ1) is 15.1. The number of aromatic amines is 1. The molecule has 1 fully saturated rings. The molecule has 1 aliphatic rings. The van der Waals surface area contributed by atoms with Crippen LogP contribution in [0, 0.1) is 0 Å². The van der Waals surface area contributed by atoms with Gasteiger partial charge in [-0.3, -0.25) is 25.0 Å². The predicted molar refractivity (Wildman–Crippen MR) is 115 cm³/mol. The van der Waals surface area contributed by atoms with Gasteiger partial charge in [0, 0.05) is 37.9 Å². The number of methoxy groups -OCH3 is 1. The van der Waals surface area contributed by atoms with Gasteiger partial charge >= 0.3 is 0 Å². The van der Waals surface area contributed by atoms with Gasteiger partial charge in [-0.05, 0) is 24.3 Å². The second-order valence-electron chi connectivity index (χ2n) is 6.78. The topological polar surface area (TPSA) is 137 Å². The molecular weight excluding hydrogens is 400 g/mol. The smallest absolute Gasteiger partial charge is 0.293 e. The molecule has 11 heteroatoms. The third-order valence-electron chi connectivity index (χ3n) is 4.76. The number of rotatable bonds is 6. The zero-order chi connectivity index (χ0) is 21.6. The predicted octanol–water partition coefficient (Wildman–Crippen LogP) is 1.12. The summed E-state index contributed by atoms with van der Waals surface area (Å²) < 4.78 is 5.12. The number of pyridine rings is 1. The van der Waals surface area contributed by atoms with E-state index in [2.05, 4.69) is 41.0 Å². The van der Waals surface area contributed by atoms with E-state index in [-0.39, 0.29) is 11.8 Å². The van der Waals surface area contributed by atoms with Crippen molar-refractivity contribution >= 4 is 29.1 Å². The van der Waals surface area contributed by atoms with Crippen LogP contribution in [0.2, 0.25) is 0 Å². The van der Waals surface area contributed by atoms with Gasteiger partial charge in [0.15, 0.2) is 0 Å². The largest absolute Gasteiger partial charge is 0.497 e. The zero-order valence-electron chi connectivity index (χ0n) is 16.9. The van der Waals surface area contributed by atoms with Crippen molar-refractivity contribution in [1.29, 1.82) is 0 Å². The number of ether oxygens (including phenoxy) is 1. The van der Waals surface area contributed by atoms with Crippen molar-refractivity contribution in [2.75, 3.05) is 48.8 Å². The molecule has 1 aliphatic heterocycles. The monoisotopic (exact) mass is 422 g/mol. The van der Waals surface area contributed by atoms with E-state index >= 15 is 0 Å². The molecule has 0 atom stereocenters. The first-order valence-electron chi connectivity index (χ1n) is 9.73. The second-order valence-corrected chi connectivity index (χ2v) is 6.78. The SMILES string of the molecule is COc1cccc(C(=O)Nc2n[nH]c(C(=O)Nc3cnccc3N3CCNCC3)n2)c1. The van der Waals surface area contributed by atoms with E-state index in [1.807, 2.05) is 6.07 Å². The molecule has 160 valence electrons. The van der Waals surface area contributed by atoms with Crippen molar-refractivity contribution in [2.24, 2.45) is 0 Å². The van der Waals surface area contributed by atoms with E-state index in [1.165, 1.54) is 7.11 Å². The minimum Gasteiger partial charge on any atom is -0.497 e. The van der Waals surface area contributed by atoms with Crippen LogP contribution in [0.1, 0.15) is 21.0 Å². The fraction of sp³-hybridized carbons (Fsp3) is 0.250. The van der Waals surface area contributed by atoms with E-state index in [0.717, 1.165) is 31.9 Å². The highest BCUT2D eigenvalue weighted by Crippen LogP contribution is 2.25. The molecule has 0 radical (unpaired) electrons. The second kappa shape index (κ2) is 9.22. The number of carbonyl (C=O) groups excluding carboxylic acids is 2. The van der Waals surface area contributed by atoms with Gasteiger partial charge in [0.2, 0.25) is 11.8 Å². The van der Waals surface area contributed by atoms with Gasteiger partial charge in [-0.25, -0.2) is 0 Å². The molecule has 2 aromatic heterocycles. The Labute approximate surface area is 178 Å². The Kier molecular flexibility index (Phi) is 6.03. The van der Waals surface area contributed by atoms with Gasteiger partial charge in [0.1, 0.15) is 5.75 Å². The summed E-state index contributed by atoms with van der Waals surface area (Å²) in [5.41, 5.74) is 1.84. The van der Waals surface area contributed by atoms with Gasteiger partial charge in [0.25, 0.3) is 11.8 Å². The summed E-state index contributed by atoms with van der Waals surface area (Å²) in [7, 11) is 1.52. The van der Waals surface area contributed by atoms with Gasteiger partial charge in [-0.15, -0.1) is 5.10 Å². The third kappa shape index (κ3) is 4.78. The number of aromatic nitrogens is 4. The molecule has 0 spiro atoms. The fourth-order valence-corrected chi connectivity index (χ4v) is 3.20. The summed E-state index contributed by atoms with van der Waals surface area (Å²) >= 11 is 0. The number of piperazine rings is 1. The first kappa shape index (κ1) is 20.3.